The molecule has 2 aliphatic rings. The highest BCUT2D eigenvalue weighted by Crippen LogP contribution is 2.49. The second kappa shape index (κ2) is 28.8. The summed E-state index contributed by atoms with van der Waals surface area (Å²) in [5, 5.41) is 18.1. The third kappa shape index (κ3) is 19.4. The van der Waals surface area contributed by atoms with E-state index in [4.69, 9.17) is 43.1 Å². The number of amides is 2. The minimum atomic E-state index is -4.63. The maximum absolute atomic E-state index is 12.9. The molecule has 24 nitrogen and oxygen atoms in total. The van der Waals surface area contributed by atoms with Gasteiger partial charge in [0.15, 0.2) is 13.2 Å². The number of aromatic nitrogens is 6. The number of nitrogens with two attached hydrogens (primary N) is 1. The maximum atomic E-state index is 12.9. The van der Waals surface area contributed by atoms with Gasteiger partial charge in [0.05, 0.1) is 31.9 Å². The van der Waals surface area contributed by atoms with Crippen LogP contribution >= 0.6 is 23.2 Å². The first kappa shape index (κ1) is 65.4. The highest BCUT2D eigenvalue weighted by atomic mass is 35.5. The third-order valence-electron chi connectivity index (χ3n) is 12.7. The van der Waals surface area contributed by atoms with Crippen LogP contribution < -0.4 is 47.1 Å². The van der Waals surface area contributed by atoms with Gasteiger partial charge in [-0.1, -0.05) is 47.5 Å². The lowest BCUT2D eigenvalue weighted by molar-refractivity contribution is -0.155. The minimum Gasteiger partial charge on any atom is -0.467 e. The number of anilines is 6. The van der Waals surface area contributed by atoms with Gasteiger partial charge in [0.1, 0.15) is 12.1 Å². The number of nitrogens with zero attached hydrogens (tertiary/aromatic N) is 6. The van der Waals surface area contributed by atoms with Gasteiger partial charge in [0.2, 0.25) is 29.6 Å². The molecule has 4 aromatic carbocycles. The molecule has 0 spiro atoms. The Bertz CT molecular complexity index is 3400. The van der Waals surface area contributed by atoms with Crippen molar-refractivity contribution < 1.29 is 78.8 Å². The number of rotatable bonds is 26. The summed E-state index contributed by atoms with van der Waals surface area (Å²) in [6.07, 6.45) is -6.88. The van der Waals surface area contributed by atoms with Gasteiger partial charge in [0.25, 0.3) is 11.8 Å². The number of esters is 3. The Labute approximate surface area is 501 Å². The molecular formula is C55H55Cl2F6N13O11. The number of ketones is 1. The Hall–Kier alpha value is -9.16. The standard InChI is InChI=1S/C30H30ClF3N6O7.C25H25ClF3N7O4/c1-3-46-25(44)22(41)13-12-21(24(43)45-2)36-23(42)17-4-10-20(11-5-17)35-26-37-27(39-28(38-26)47-16-30(32,33)34)40-29(14-15-29)18-6-8-19(31)9-7-18;1-39-20(38)18(12-30)32-19(37)14-2-8-17(9-3-14)31-21-33-22(35-23(34-21)40-13-25(27,28)29)36-24(10-11-24)15-4-6-16(26)7-5-15/h4-11,21H,3,12-16H2,1-2H3,(H,36,42)(H2,35,37,38,39,40);2-9,18H,10-13,30H2,1H3,(H,32,37)(H2,31,33,34,35,36)/t21-;18-/m00/s1. The predicted molar refractivity (Wildman–Crippen MR) is 301 cm³/mol. The summed E-state index contributed by atoms with van der Waals surface area (Å²) in [6, 6.07) is 22.7. The van der Waals surface area contributed by atoms with E-state index in [9.17, 15) is 55.1 Å². The van der Waals surface area contributed by atoms with Crippen LogP contribution in [0.4, 0.5) is 61.5 Å². The van der Waals surface area contributed by atoms with Crippen molar-refractivity contribution in [1.82, 2.24) is 40.5 Å². The number of Topliss-reactive ketones (excluding diaryl/α,β-unsaturated/α-hetero) is 1. The topological polar surface area (TPSA) is 324 Å². The van der Waals surface area contributed by atoms with Crippen molar-refractivity contribution in [1.29, 1.82) is 0 Å². The summed E-state index contributed by atoms with van der Waals surface area (Å²) >= 11 is 12.0. The van der Waals surface area contributed by atoms with E-state index in [1.54, 1.807) is 31.2 Å². The molecule has 8 rings (SSSR count). The number of halogens is 8. The van der Waals surface area contributed by atoms with Crippen molar-refractivity contribution in [3.05, 3.63) is 129 Å². The van der Waals surface area contributed by atoms with E-state index in [1.165, 1.54) is 55.6 Å². The van der Waals surface area contributed by atoms with Gasteiger partial charge in [-0.15, -0.1) is 0 Å². The van der Waals surface area contributed by atoms with Gasteiger partial charge >= 0.3 is 42.3 Å². The molecule has 462 valence electrons. The van der Waals surface area contributed by atoms with E-state index in [1.807, 2.05) is 24.3 Å². The van der Waals surface area contributed by atoms with E-state index >= 15 is 0 Å². The van der Waals surface area contributed by atoms with Crippen LogP contribution in [0.2, 0.25) is 10.0 Å². The largest absolute Gasteiger partial charge is 0.467 e. The van der Waals surface area contributed by atoms with Crippen LogP contribution in [0.3, 0.4) is 0 Å². The van der Waals surface area contributed by atoms with Gasteiger partial charge in [-0.05, 0) is 123 Å². The second-order valence-electron chi connectivity index (χ2n) is 19.2. The summed E-state index contributed by atoms with van der Waals surface area (Å²) in [6.45, 7) is -1.80. The van der Waals surface area contributed by atoms with Crippen LogP contribution in [0.25, 0.3) is 0 Å². The lowest BCUT2D eigenvalue weighted by Gasteiger charge is -2.19. The number of alkyl halides is 6. The summed E-state index contributed by atoms with van der Waals surface area (Å²) in [5.74, 6) is -4.88. The number of nitrogens with one attached hydrogen (secondary N) is 6. The fourth-order valence-corrected chi connectivity index (χ4v) is 8.29. The van der Waals surface area contributed by atoms with Crippen LogP contribution in [0.1, 0.15) is 77.3 Å². The lowest BCUT2D eigenvalue weighted by Crippen LogP contribution is -2.46. The lowest BCUT2D eigenvalue weighted by atomic mass is 10.1. The van der Waals surface area contributed by atoms with Crippen molar-refractivity contribution in [2.75, 3.05) is 61.9 Å². The molecule has 2 heterocycles. The Morgan fingerprint density at radius 2 is 0.943 bits per heavy atom. The number of hydrogen-bond acceptors (Lipinski definition) is 22. The van der Waals surface area contributed by atoms with Crippen LogP contribution in [-0.4, -0.2) is 130 Å². The van der Waals surface area contributed by atoms with Crippen molar-refractivity contribution in [2.45, 2.75) is 81.0 Å². The Morgan fingerprint density at radius 3 is 1.30 bits per heavy atom. The molecule has 6 aromatic rings. The summed E-state index contributed by atoms with van der Waals surface area (Å²) in [7, 11) is 2.29. The zero-order chi connectivity index (χ0) is 63.1. The van der Waals surface area contributed by atoms with Crippen LogP contribution in [0.5, 0.6) is 12.0 Å². The Balaban J connectivity index is 0.000000252. The summed E-state index contributed by atoms with van der Waals surface area (Å²) < 4.78 is 101. The molecule has 0 bridgehead atoms. The van der Waals surface area contributed by atoms with Gasteiger partial charge in [-0.2, -0.15) is 56.2 Å². The molecule has 0 saturated heterocycles. The van der Waals surface area contributed by atoms with Gasteiger partial charge in [-0.3, -0.25) is 14.4 Å². The molecule has 2 atom stereocenters. The van der Waals surface area contributed by atoms with E-state index in [2.05, 4.69) is 71.3 Å². The smallest absolute Gasteiger partial charge is 0.422 e. The molecule has 2 amide bonds. The van der Waals surface area contributed by atoms with E-state index in [-0.39, 0.29) is 60.9 Å². The van der Waals surface area contributed by atoms with Gasteiger partial charge in [-0.25, -0.2) is 14.4 Å². The fourth-order valence-electron chi connectivity index (χ4n) is 8.03. The van der Waals surface area contributed by atoms with Crippen LogP contribution in [-0.2, 0) is 44.5 Å². The predicted octanol–water partition coefficient (Wildman–Crippen LogP) is 8.04. The van der Waals surface area contributed by atoms with E-state index < -0.39 is 96.3 Å². The number of methoxy groups -OCH3 is 2. The van der Waals surface area contributed by atoms with E-state index in [0.29, 0.717) is 34.3 Å². The zero-order valence-electron chi connectivity index (χ0n) is 46.2. The highest BCUT2D eigenvalue weighted by molar-refractivity contribution is 6.33. The fraction of sp³-hybridized carbons (Fsp3) is 0.345. The first-order valence-corrected chi connectivity index (χ1v) is 27.0. The maximum Gasteiger partial charge on any atom is 0.422 e. The van der Waals surface area contributed by atoms with Gasteiger partial charge in [0, 0.05) is 45.5 Å². The number of hydrogen-bond donors (Lipinski definition) is 7. The summed E-state index contributed by atoms with van der Waals surface area (Å²) in [5.41, 5.74) is 7.37. The second-order valence-corrected chi connectivity index (χ2v) is 20.1. The molecule has 32 heteroatoms. The molecule has 2 aliphatic carbocycles. The molecule has 8 N–H and O–H groups in total. The number of ether oxygens (including phenoxy) is 5. The van der Waals surface area contributed by atoms with Crippen molar-refractivity contribution in [3.63, 3.8) is 0 Å². The van der Waals surface area contributed by atoms with E-state index in [0.717, 1.165) is 31.1 Å². The van der Waals surface area contributed by atoms with Gasteiger partial charge < -0.3 is 61.3 Å². The average Bonchev–Trinajstić information content (AvgIpc) is 1.94. The molecule has 87 heavy (non-hydrogen) atoms. The monoisotopic (exact) mass is 1260 g/mol. The normalized spacial score (nSPS) is 14.2. The first-order valence-electron chi connectivity index (χ1n) is 26.2. The third-order valence-corrected chi connectivity index (χ3v) is 13.2. The number of carbonyl (C=O) groups is 6. The van der Waals surface area contributed by atoms with Crippen LogP contribution in [0, 0.1) is 0 Å². The number of benzene rings is 4. The molecule has 0 aliphatic heterocycles. The zero-order valence-corrected chi connectivity index (χ0v) is 47.8. The van der Waals surface area contributed by atoms with Crippen LogP contribution in [0.15, 0.2) is 97.1 Å². The van der Waals surface area contributed by atoms with Crippen molar-refractivity contribution >= 4 is 93.9 Å². The number of carbonyl (C=O) groups excluding carboxylic acids is 6. The Morgan fingerprint density at radius 1 is 0.563 bits per heavy atom. The molecule has 2 saturated carbocycles. The Kier molecular flexibility index (Phi) is 21.7. The molecule has 0 radical (unpaired) electrons. The van der Waals surface area contributed by atoms with Crippen molar-refractivity contribution in [3.8, 4) is 12.0 Å². The SMILES string of the molecule is CCOC(=O)C(=O)CC[C@H](NC(=O)c1ccc(Nc2nc(NC3(c4ccc(Cl)cc4)CC3)nc(OCC(F)(F)F)n2)cc1)C(=O)OC.COC(=O)[C@H](CN)NC(=O)c1ccc(Nc2nc(NC3(c4ccc(Cl)cc4)CC3)nc(OCC(F)(F)F)n2)cc1. The quantitative estimate of drug-likeness (QED) is 0.0117. The first-order chi connectivity index (χ1) is 41.3. The average molecular weight is 1260 g/mol. The minimum absolute atomic E-state index is 0.00811. The van der Waals surface area contributed by atoms with Crippen molar-refractivity contribution in [2.24, 2.45) is 5.73 Å². The molecule has 2 fully saturated rings. The highest BCUT2D eigenvalue weighted by Gasteiger charge is 2.46. The summed E-state index contributed by atoms with van der Waals surface area (Å²) in [4.78, 5) is 97.3. The molecule has 2 aromatic heterocycles. The molecular weight excluding hydrogens is 1200 g/mol. The molecule has 0 unspecified atom stereocenters.